The van der Waals surface area contributed by atoms with Crippen LogP contribution in [0.15, 0.2) is 55.8 Å². The smallest absolute Gasteiger partial charge is 0.248 e. The fraction of sp³-hybridized carbons (Fsp3) is 0.176. The first kappa shape index (κ1) is 17.4. The van der Waals surface area contributed by atoms with E-state index in [0.29, 0.717) is 22.9 Å². The highest BCUT2D eigenvalue weighted by molar-refractivity contribution is 7.98. The number of benzene rings is 1. The first-order valence-corrected chi connectivity index (χ1v) is 9.03. The molecule has 2 heterocycles. The van der Waals surface area contributed by atoms with Gasteiger partial charge in [0.15, 0.2) is 16.6 Å². The summed E-state index contributed by atoms with van der Waals surface area (Å²) in [6.45, 7) is 0. The number of fused-ring (bicyclic) bond motifs is 1. The molecule has 0 spiro atoms. The summed E-state index contributed by atoms with van der Waals surface area (Å²) in [5, 5.41) is 17.5. The molecule has 0 fully saturated rings. The third kappa shape index (κ3) is 3.62. The van der Waals surface area contributed by atoms with E-state index < -0.39 is 0 Å². The molecule has 1 aromatic carbocycles. The largest absolute Gasteiger partial charge is 0.325 e. The van der Waals surface area contributed by atoms with Crippen molar-refractivity contribution in [2.24, 2.45) is 4.99 Å². The first-order chi connectivity index (χ1) is 13.1. The first-order valence-electron chi connectivity index (χ1n) is 8.04. The van der Waals surface area contributed by atoms with Crippen LogP contribution in [0.5, 0.6) is 0 Å². The lowest BCUT2D eigenvalue weighted by molar-refractivity contribution is 0.232. The van der Waals surface area contributed by atoms with E-state index in [-0.39, 0.29) is 28.9 Å². The van der Waals surface area contributed by atoms with Gasteiger partial charge in [0.1, 0.15) is 5.82 Å². The Morgan fingerprint density at radius 1 is 1.41 bits per heavy atom. The predicted molar refractivity (Wildman–Crippen MR) is 95.2 cm³/mol. The van der Waals surface area contributed by atoms with E-state index in [1.807, 2.05) is 5.48 Å². The van der Waals surface area contributed by atoms with Crippen molar-refractivity contribution in [1.29, 1.82) is 0 Å². The van der Waals surface area contributed by atoms with Gasteiger partial charge in [0.25, 0.3) is 0 Å². The van der Waals surface area contributed by atoms with Crippen molar-refractivity contribution in [2.45, 2.75) is 23.2 Å². The van der Waals surface area contributed by atoms with Gasteiger partial charge in [0.05, 0.1) is 6.04 Å². The van der Waals surface area contributed by atoms with Crippen LogP contribution in [-0.2, 0) is 12.2 Å². The van der Waals surface area contributed by atoms with Gasteiger partial charge in [-0.3, -0.25) is 20.5 Å². The van der Waals surface area contributed by atoms with E-state index in [2.05, 4.69) is 20.3 Å². The Morgan fingerprint density at radius 2 is 2.30 bits per heavy atom. The SMILES string of the molecule is O=c1cccc(CSc2nonc2C(=NC2Cc3ccc(F)cc32)NO)[nH]1. The fourth-order valence-corrected chi connectivity index (χ4v) is 3.62. The van der Waals surface area contributed by atoms with E-state index in [1.54, 1.807) is 18.2 Å². The number of aromatic amines is 1. The van der Waals surface area contributed by atoms with E-state index in [1.165, 1.54) is 30.0 Å². The summed E-state index contributed by atoms with van der Waals surface area (Å²) >= 11 is 1.27. The molecule has 27 heavy (non-hydrogen) atoms. The zero-order valence-corrected chi connectivity index (χ0v) is 14.7. The highest BCUT2D eigenvalue weighted by Gasteiger charge is 2.28. The zero-order chi connectivity index (χ0) is 18.8. The Bertz CT molecular complexity index is 1060. The van der Waals surface area contributed by atoms with Crippen LogP contribution in [0.3, 0.4) is 0 Å². The minimum atomic E-state index is -0.330. The molecule has 8 nitrogen and oxygen atoms in total. The quantitative estimate of drug-likeness (QED) is 0.266. The second kappa shape index (κ2) is 7.33. The molecule has 0 bridgehead atoms. The molecular formula is C17H14FN5O3S. The van der Waals surface area contributed by atoms with Gasteiger partial charge >= 0.3 is 0 Å². The maximum absolute atomic E-state index is 13.4. The number of aliphatic imine (C=N–C) groups is 1. The Morgan fingerprint density at radius 3 is 3.11 bits per heavy atom. The van der Waals surface area contributed by atoms with Gasteiger partial charge in [-0.15, -0.1) is 0 Å². The van der Waals surface area contributed by atoms with E-state index in [0.717, 1.165) is 11.1 Å². The van der Waals surface area contributed by atoms with E-state index >= 15 is 0 Å². The summed E-state index contributed by atoms with van der Waals surface area (Å²) in [6, 6.07) is 9.15. The van der Waals surface area contributed by atoms with Crippen LogP contribution in [-0.4, -0.2) is 26.3 Å². The number of hydroxylamine groups is 1. The number of aromatic nitrogens is 3. The third-order valence-electron chi connectivity index (χ3n) is 4.15. The Kier molecular flexibility index (Phi) is 4.73. The maximum atomic E-state index is 13.4. The molecule has 1 aliphatic rings. The molecule has 3 aromatic rings. The van der Waals surface area contributed by atoms with Crippen molar-refractivity contribution < 1.29 is 14.2 Å². The molecule has 0 amide bonds. The number of hydrogen-bond donors (Lipinski definition) is 3. The Hall–Kier alpha value is -2.98. The lowest BCUT2D eigenvalue weighted by atomic mass is 9.83. The Balaban J connectivity index is 1.54. The molecule has 3 N–H and O–H groups in total. The minimum absolute atomic E-state index is 0.0835. The van der Waals surface area contributed by atoms with Crippen molar-refractivity contribution in [1.82, 2.24) is 20.8 Å². The number of H-pyrrole nitrogens is 1. The van der Waals surface area contributed by atoms with Crippen molar-refractivity contribution in [3.8, 4) is 0 Å². The Labute approximate surface area is 156 Å². The second-order valence-electron chi connectivity index (χ2n) is 5.90. The number of pyridine rings is 1. The number of hydrogen-bond acceptors (Lipinski definition) is 7. The molecule has 2 aromatic heterocycles. The molecule has 0 saturated heterocycles. The molecule has 1 atom stereocenters. The van der Waals surface area contributed by atoms with Gasteiger partial charge in [-0.05, 0) is 46.1 Å². The lowest BCUT2D eigenvalue weighted by Gasteiger charge is -2.27. The lowest BCUT2D eigenvalue weighted by Crippen LogP contribution is -2.25. The molecule has 0 radical (unpaired) electrons. The molecule has 10 heteroatoms. The number of nitrogens with one attached hydrogen (secondary N) is 2. The number of amidine groups is 1. The maximum Gasteiger partial charge on any atom is 0.248 e. The topological polar surface area (TPSA) is 116 Å². The molecular weight excluding hydrogens is 373 g/mol. The summed E-state index contributed by atoms with van der Waals surface area (Å²) in [7, 11) is 0. The molecule has 138 valence electrons. The average Bonchev–Trinajstić information content (AvgIpc) is 3.11. The normalized spacial score (nSPS) is 15.9. The van der Waals surface area contributed by atoms with Gasteiger partial charge in [-0.25, -0.2) is 9.02 Å². The molecule has 0 saturated carbocycles. The highest BCUT2D eigenvalue weighted by Crippen LogP contribution is 2.37. The van der Waals surface area contributed by atoms with Crippen LogP contribution >= 0.6 is 11.8 Å². The summed E-state index contributed by atoms with van der Waals surface area (Å²) in [5.74, 6) is 0.177. The van der Waals surface area contributed by atoms with Gasteiger partial charge < -0.3 is 4.98 Å². The van der Waals surface area contributed by atoms with Crippen LogP contribution in [0, 0.1) is 5.82 Å². The van der Waals surface area contributed by atoms with Gasteiger partial charge in [0, 0.05) is 17.5 Å². The van der Waals surface area contributed by atoms with Crippen LogP contribution in [0.2, 0.25) is 0 Å². The molecule has 0 aliphatic heterocycles. The number of thioether (sulfide) groups is 1. The van der Waals surface area contributed by atoms with Gasteiger partial charge in [-0.2, -0.15) is 0 Å². The summed E-state index contributed by atoms with van der Waals surface area (Å²) in [4.78, 5) is 18.5. The fourth-order valence-electron chi connectivity index (χ4n) is 2.81. The van der Waals surface area contributed by atoms with Crippen molar-refractivity contribution in [3.63, 3.8) is 0 Å². The van der Waals surface area contributed by atoms with Crippen molar-refractivity contribution >= 4 is 17.6 Å². The predicted octanol–water partition coefficient (Wildman–Crippen LogP) is 2.21. The molecule has 4 rings (SSSR count). The van der Waals surface area contributed by atoms with Crippen LogP contribution < -0.4 is 11.0 Å². The average molecular weight is 387 g/mol. The third-order valence-corrected chi connectivity index (χ3v) is 5.14. The van der Waals surface area contributed by atoms with Gasteiger partial charge in [-0.1, -0.05) is 23.9 Å². The number of halogens is 1. The van der Waals surface area contributed by atoms with E-state index in [4.69, 9.17) is 4.63 Å². The standard InChI is InChI=1S/C17H14FN5O3S/c18-10-5-4-9-6-13(12(9)7-10)20-16(21-25)15-17(23-26-22-15)27-8-11-2-1-3-14(24)19-11/h1-5,7,13,25H,6,8H2,(H,19,24)(H,20,21). The number of rotatable bonds is 5. The molecule has 1 unspecified atom stereocenters. The van der Waals surface area contributed by atoms with E-state index in [9.17, 15) is 14.4 Å². The number of nitrogens with zero attached hydrogens (tertiary/aromatic N) is 3. The highest BCUT2D eigenvalue weighted by atomic mass is 32.2. The van der Waals surface area contributed by atoms with Crippen molar-refractivity contribution in [3.05, 3.63) is 75.1 Å². The van der Waals surface area contributed by atoms with Crippen LogP contribution in [0.4, 0.5) is 4.39 Å². The molecule has 1 aliphatic carbocycles. The zero-order valence-electron chi connectivity index (χ0n) is 13.8. The summed E-state index contributed by atoms with van der Waals surface area (Å²) in [6.07, 6.45) is 0.639. The minimum Gasteiger partial charge on any atom is -0.325 e. The monoisotopic (exact) mass is 387 g/mol. The van der Waals surface area contributed by atoms with Crippen molar-refractivity contribution in [2.75, 3.05) is 0 Å². The second-order valence-corrected chi connectivity index (χ2v) is 6.86. The van der Waals surface area contributed by atoms with Gasteiger partial charge in [0.2, 0.25) is 5.56 Å². The summed E-state index contributed by atoms with van der Waals surface area (Å²) in [5.41, 5.74) is 4.57. The van der Waals surface area contributed by atoms with Crippen LogP contribution in [0.1, 0.15) is 28.6 Å². The summed E-state index contributed by atoms with van der Waals surface area (Å²) < 4.78 is 18.2. The van der Waals surface area contributed by atoms with Crippen LogP contribution in [0.25, 0.3) is 0 Å².